The maximum absolute atomic E-state index is 15.3. The molecular formula is C11H17FN5O7P. The highest BCUT2D eigenvalue weighted by Crippen LogP contribution is 2.37. The lowest BCUT2D eigenvalue weighted by atomic mass is 10.0. The van der Waals surface area contributed by atoms with Crippen LogP contribution in [-0.4, -0.2) is 60.3 Å². The van der Waals surface area contributed by atoms with Gasteiger partial charge in [0.2, 0.25) is 11.7 Å². The van der Waals surface area contributed by atoms with Crippen LogP contribution in [0.15, 0.2) is 11.1 Å². The minimum atomic E-state index is -4.84. The lowest BCUT2D eigenvalue weighted by Crippen LogP contribution is -2.48. The molecule has 3 atom stereocenters. The number of methoxy groups -OCH3 is 1. The summed E-state index contributed by atoms with van der Waals surface area (Å²) in [5.74, 6) is -2.90. The highest BCUT2D eigenvalue weighted by Gasteiger charge is 2.42. The number of ether oxygens (including phenoxy) is 1. The average Bonchev–Trinajstić information content (AvgIpc) is 2.91. The van der Waals surface area contributed by atoms with Crippen LogP contribution in [0.3, 0.4) is 0 Å². The van der Waals surface area contributed by atoms with Gasteiger partial charge >= 0.3 is 7.82 Å². The molecule has 0 bridgehead atoms. The quantitative estimate of drug-likeness (QED) is 0.366. The monoisotopic (exact) mass is 381 g/mol. The highest BCUT2D eigenvalue weighted by molar-refractivity contribution is 7.46. The van der Waals surface area contributed by atoms with E-state index in [0.717, 1.165) is 24.9 Å². The number of aromatic amines is 1. The minimum Gasteiger partial charge on any atom is -0.385 e. The van der Waals surface area contributed by atoms with Crippen LogP contribution in [0.4, 0.5) is 10.3 Å². The van der Waals surface area contributed by atoms with Gasteiger partial charge in [0, 0.05) is 7.11 Å². The van der Waals surface area contributed by atoms with Gasteiger partial charge in [-0.05, 0) is 6.92 Å². The number of hydrogen-bond acceptors (Lipinski definition) is 8. The zero-order valence-electron chi connectivity index (χ0n) is 13.2. The highest BCUT2D eigenvalue weighted by atomic mass is 31.2. The van der Waals surface area contributed by atoms with Crippen molar-refractivity contribution < 1.29 is 33.1 Å². The number of alkyl halides is 1. The molecule has 25 heavy (non-hydrogen) atoms. The molecule has 0 aromatic carbocycles. The van der Waals surface area contributed by atoms with E-state index in [2.05, 4.69) is 19.5 Å². The van der Waals surface area contributed by atoms with Crippen LogP contribution in [0.25, 0.3) is 11.2 Å². The Morgan fingerprint density at radius 3 is 2.76 bits per heavy atom. The fraction of sp³-hybridized carbons (Fsp3) is 0.545. The van der Waals surface area contributed by atoms with Gasteiger partial charge in [0.15, 0.2) is 11.2 Å². The zero-order valence-corrected chi connectivity index (χ0v) is 14.1. The van der Waals surface area contributed by atoms with E-state index in [1.54, 1.807) is 0 Å². The number of nitrogens with zero attached hydrogens (tertiary/aromatic N) is 3. The molecule has 0 saturated carbocycles. The van der Waals surface area contributed by atoms with Crippen LogP contribution < -0.4 is 11.3 Å². The van der Waals surface area contributed by atoms with Crippen molar-refractivity contribution in [3.63, 3.8) is 0 Å². The molecule has 2 rings (SSSR count). The summed E-state index contributed by atoms with van der Waals surface area (Å²) in [6.07, 6.45) is -2.46. The SMILES string of the molecule is COC(COP(=O)(O)O)[C@@H](O)[C@@](C)(F)n1cnc2c(=O)[nH]c(N)nc21. The molecule has 0 spiro atoms. The van der Waals surface area contributed by atoms with Gasteiger partial charge < -0.3 is 25.4 Å². The molecule has 0 aliphatic rings. The van der Waals surface area contributed by atoms with Crippen LogP contribution in [0.1, 0.15) is 6.92 Å². The second-order valence-electron chi connectivity index (χ2n) is 5.27. The maximum atomic E-state index is 15.3. The number of hydrogen-bond donors (Lipinski definition) is 5. The number of fused-ring (bicyclic) bond motifs is 1. The van der Waals surface area contributed by atoms with E-state index in [4.69, 9.17) is 20.3 Å². The third-order valence-corrected chi connectivity index (χ3v) is 3.98. The summed E-state index contributed by atoms with van der Waals surface area (Å²) >= 11 is 0. The van der Waals surface area contributed by atoms with Crippen molar-refractivity contribution in [2.24, 2.45) is 0 Å². The Balaban J connectivity index is 2.39. The predicted octanol–water partition coefficient (Wildman–Crippen LogP) is -1.17. The molecule has 0 radical (unpaired) electrons. The van der Waals surface area contributed by atoms with E-state index >= 15 is 4.39 Å². The Bertz CT molecular complexity index is 862. The van der Waals surface area contributed by atoms with Crippen molar-refractivity contribution in [2.75, 3.05) is 19.5 Å². The van der Waals surface area contributed by atoms with Gasteiger partial charge in [-0.3, -0.25) is 18.9 Å². The molecule has 0 saturated heterocycles. The number of H-pyrrole nitrogens is 1. The molecule has 0 aliphatic heterocycles. The van der Waals surface area contributed by atoms with Gasteiger partial charge in [-0.2, -0.15) is 4.98 Å². The molecule has 12 nitrogen and oxygen atoms in total. The topological polar surface area (TPSA) is 186 Å². The predicted molar refractivity (Wildman–Crippen MR) is 82.1 cm³/mol. The lowest BCUT2D eigenvalue weighted by Gasteiger charge is -2.32. The van der Waals surface area contributed by atoms with Gasteiger partial charge in [-0.25, -0.2) is 13.9 Å². The van der Waals surface area contributed by atoms with E-state index in [9.17, 15) is 14.5 Å². The molecule has 140 valence electrons. The second kappa shape index (κ2) is 6.78. The number of rotatable bonds is 7. The van der Waals surface area contributed by atoms with Crippen LogP contribution in [-0.2, 0) is 19.6 Å². The van der Waals surface area contributed by atoms with Crippen molar-refractivity contribution in [3.05, 3.63) is 16.7 Å². The second-order valence-corrected chi connectivity index (χ2v) is 6.51. The normalized spacial score (nSPS) is 17.4. The first kappa shape index (κ1) is 19.4. The van der Waals surface area contributed by atoms with Gasteiger partial charge in [0.1, 0.15) is 12.2 Å². The first-order valence-electron chi connectivity index (χ1n) is 6.80. The smallest absolute Gasteiger partial charge is 0.385 e. The molecule has 2 heterocycles. The number of halogens is 1. The number of imidazole rings is 1. The van der Waals surface area contributed by atoms with Crippen molar-refractivity contribution in [3.8, 4) is 0 Å². The number of nitrogens with one attached hydrogen (secondary N) is 1. The lowest BCUT2D eigenvalue weighted by molar-refractivity contribution is -0.134. The maximum Gasteiger partial charge on any atom is 0.469 e. The third-order valence-electron chi connectivity index (χ3n) is 3.50. The summed E-state index contributed by atoms with van der Waals surface area (Å²) in [7, 11) is -3.75. The van der Waals surface area contributed by atoms with Crippen LogP contribution in [0.2, 0.25) is 0 Å². The van der Waals surface area contributed by atoms with Crippen LogP contribution >= 0.6 is 7.82 Å². The van der Waals surface area contributed by atoms with Gasteiger partial charge in [-0.15, -0.1) is 0 Å². The van der Waals surface area contributed by atoms with E-state index in [1.165, 1.54) is 0 Å². The van der Waals surface area contributed by atoms with Gasteiger partial charge in [-0.1, -0.05) is 0 Å². The number of anilines is 1. The summed E-state index contributed by atoms with van der Waals surface area (Å²) in [5.41, 5.74) is 4.31. The molecule has 1 unspecified atom stereocenters. The standard InChI is InChI=1S/C11H17FN5O7P/c1-11(12,7(18)5(23-2)3-24-25(20,21)22)17-4-14-6-8(17)15-10(13)16-9(6)19/h4-5,7,18H,3H2,1-2H3,(H2,20,21,22)(H3,13,15,16,19)/t5?,7-,11+/m1/s1. The average molecular weight is 381 g/mol. The molecule has 14 heteroatoms. The molecule has 0 fully saturated rings. The number of phosphoric ester groups is 1. The summed E-state index contributed by atoms with van der Waals surface area (Å²) in [5, 5.41) is 10.3. The largest absolute Gasteiger partial charge is 0.469 e. The summed E-state index contributed by atoms with van der Waals surface area (Å²) in [6, 6.07) is 0. The number of phosphoric acid groups is 1. The summed E-state index contributed by atoms with van der Waals surface area (Å²) in [6.45, 7) is 0.158. The van der Waals surface area contributed by atoms with Crippen molar-refractivity contribution in [1.82, 2.24) is 19.5 Å². The minimum absolute atomic E-state index is 0.203. The van der Waals surface area contributed by atoms with E-state index in [0.29, 0.717) is 0 Å². The Labute approximate surface area is 139 Å². The number of aromatic nitrogens is 4. The van der Waals surface area contributed by atoms with Gasteiger partial charge in [0.05, 0.1) is 12.9 Å². The first-order valence-corrected chi connectivity index (χ1v) is 8.33. The number of aliphatic hydroxyl groups is 1. The molecule has 6 N–H and O–H groups in total. The Kier molecular flexibility index (Phi) is 5.27. The number of nitrogens with two attached hydrogens (primary N) is 1. The summed E-state index contributed by atoms with van der Waals surface area (Å²) < 4.78 is 35.9. The summed E-state index contributed by atoms with van der Waals surface area (Å²) in [4.78, 5) is 38.9. The Morgan fingerprint density at radius 1 is 1.56 bits per heavy atom. The van der Waals surface area contributed by atoms with Crippen LogP contribution in [0.5, 0.6) is 0 Å². The Hall–Kier alpha value is -1.89. The van der Waals surface area contributed by atoms with Gasteiger partial charge in [0.25, 0.3) is 5.56 Å². The van der Waals surface area contributed by atoms with Crippen molar-refractivity contribution >= 4 is 24.9 Å². The van der Waals surface area contributed by atoms with E-state index in [-0.39, 0.29) is 17.1 Å². The molecule has 2 aromatic rings. The third kappa shape index (κ3) is 4.03. The Morgan fingerprint density at radius 2 is 2.20 bits per heavy atom. The van der Waals surface area contributed by atoms with Crippen molar-refractivity contribution in [1.29, 1.82) is 0 Å². The fourth-order valence-electron chi connectivity index (χ4n) is 2.19. The first-order chi connectivity index (χ1) is 11.5. The molecule has 0 aliphatic carbocycles. The molecular weight excluding hydrogens is 364 g/mol. The van der Waals surface area contributed by atoms with Crippen molar-refractivity contribution in [2.45, 2.75) is 24.9 Å². The van der Waals surface area contributed by atoms with Crippen LogP contribution in [0, 0.1) is 0 Å². The number of aliphatic hydroxyl groups excluding tert-OH is 1. The fourth-order valence-corrected chi connectivity index (χ4v) is 2.53. The van der Waals surface area contributed by atoms with E-state index < -0.39 is 38.0 Å². The molecule has 0 amide bonds. The van der Waals surface area contributed by atoms with E-state index in [1.807, 2.05) is 0 Å². The zero-order chi connectivity index (χ0) is 19.0. The number of nitrogen functional groups attached to an aromatic ring is 1. The molecule has 2 aromatic heterocycles.